The second kappa shape index (κ2) is 8.96. The summed E-state index contributed by atoms with van der Waals surface area (Å²) in [7, 11) is 0. The third kappa shape index (κ3) is 4.43. The average Bonchev–Trinajstić information content (AvgIpc) is 2.71. The van der Waals surface area contributed by atoms with Gasteiger partial charge in [-0.15, -0.1) is 0 Å². The summed E-state index contributed by atoms with van der Waals surface area (Å²) in [6.07, 6.45) is 1.39. The van der Waals surface area contributed by atoms with E-state index in [-0.39, 0.29) is 58.4 Å². The number of aliphatic hydroxyl groups is 1. The molecule has 1 heterocycles. The summed E-state index contributed by atoms with van der Waals surface area (Å²) < 4.78 is 6.05. The molecule has 32 heavy (non-hydrogen) atoms. The Morgan fingerprint density at radius 1 is 1.19 bits per heavy atom. The number of carbonyl (C=O) groups excluding carboxylic acids is 1. The number of phenols is 4. The van der Waals surface area contributed by atoms with Crippen LogP contribution in [-0.2, 0) is 6.42 Å². The van der Waals surface area contributed by atoms with Gasteiger partial charge in [-0.25, -0.2) is 0 Å². The van der Waals surface area contributed by atoms with Crippen molar-refractivity contribution >= 4 is 11.9 Å². The minimum absolute atomic E-state index is 0.0271. The molecule has 0 aliphatic carbocycles. The zero-order valence-electron chi connectivity index (χ0n) is 18.3. The van der Waals surface area contributed by atoms with Crippen LogP contribution in [0.3, 0.4) is 0 Å². The third-order valence-electron chi connectivity index (χ3n) is 5.43. The Bertz CT molecular complexity index is 1100. The van der Waals surface area contributed by atoms with Gasteiger partial charge in [0.1, 0.15) is 28.9 Å². The van der Waals surface area contributed by atoms with E-state index in [1.165, 1.54) is 18.2 Å². The number of aromatic hydroxyl groups is 4. The molecule has 5 N–H and O–H groups in total. The van der Waals surface area contributed by atoms with Crippen LogP contribution in [0.2, 0.25) is 0 Å². The van der Waals surface area contributed by atoms with Crippen LogP contribution in [0.15, 0.2) is 36.4 Å². The monoisotopic (exact) mass is 440 g/mol. The molecule has 2 aromatic carbocycles. The Morgan fingerprint density at radius 2 is 1.88 bits per heavy atom. The average molecular weight is 440 g/mol. The minimum Gasteiger partial charge on any atom is -0.507 e. The van der Waals surface area contributed by atoms with Crippen molar-refractivity contribution in [2.75, 3.05) is 0 Å². The van der Waals surface area contributed by atoms with E-state index in [0.717, 1.165) is 0 Å². The first kappa shape index (κ1) is 23.2. The van der Waals surface area contributed by atoms with E-state index in [1.807, 2.05) is 19.9 Å². The fraction of sp³-hybridized carbons (Fsp3) is 0.320. The summed E-state index contributed by atoms with van der Waals surface area (Å²) in [6, 6.07) is 4.13. The van der Waals surface area contributed by atoms with Gasteiger partial charge in [0.2, 0.25) is 0 Å². The molecule has 0 amide bonds. The Morgan fingerprint density at radius 3 is 2.47 bits per heavy atom. The van der Waals surface area contributed by atoms with E-state index in [9.17, 15) is 30.3 Å². The van der Waals surface area contributed by atoms with Crippen molar-refractivity contribution < 1.29 is 35.1 Å². The number of hydrogen-bond acceptors (Lipinski definition) is 7. The maximum absolute atomic E-state index is 13.1. The van der Waals surface area contributed by atoms with Gasteiger partial charge in [0.25, 0.3) is 0 Å². The minimum atomic E-state index is -1.01. The number of Topliss-reactive ketones (excluding diaryl/α,β-unsaturated/α-hetero) is 1. The number of ether oxygens (including phenoxy) is 1. The van der Waals surface area contributed by atoms with Crippen LogP contribution < -0.4 is 4.74 Å². The maximum Gasteiger partial charge on any atom is 0.174 e. The van der Waals surface area contributed by atoms with Crippen LogP contribution >= 0.6 is 0 Å². The van der Waals surface area contributed by atoms with Crippen LogP contribution in [0.1, 0.15) is 60.3 Å². The Labute approximate surface area is 186 Å². The normalized spacial score (nSPS) is 16.8. The van der Waals surface area contributed by atoms with Gasteiger partial charge in [-0.05, 0) is 30.5 Å². The van der Waals surface area contributed by atoms with Crippen molar-refractivity contribution in [1.29, 1.82) is 0 Å². The second-order valence-electron chi connectivity index (χ2n) is 8.44. The molecule has 2 aromatic rings. The van der Waals surface area contributed by atoms with Gasteiger partial charge in [-0.3, -0.25) is 4.79 Å². The summed E-state index contributed by atoms with van der Waals surface area (Å²) in [5.41, 5.74) is 1.11. The number of hydrogen-bond donors (Lipinski definition) is 5. The van der Waals surface area contributed by atoms with E-state index < -0.39 is 23.7 Å². The summed E-state index contributed by atoms with van der Waals surface area (Å²) >= 11 is 0. The quantitative estimate of drug-likeness (QED) is 0.333. The maximum atomic E-state index is 13.1. The molecule has 0 saturated heterocycles. The highest BCUT2D eigenvalue weighted by Gasteiger charge is 2.36. The molecule has 1 aliphatic heterocycles. The summed E-state index contributed by atoms with van der Waals surface area (Å²) in [4.78, 5) is 13.1. The number of fused-ring (bicyclic) bond motifs is 1. The lowest BCUT2D eigenvalue weighted by atomic mass is 9.88. The van der Waals surface area contributed by atoms with Crippen molar-refractivity contribution in [3.8, 4) is 28.7 Å². The van der Waals surface area contributed by atoms with Gasteiger partial charge in [0.05, 0.1) is 18.1 Å². The first-order chi connectivity index (χ1) is 15.0. The molecule has 0 fully saturated rings. The van der Waals surface area contributed by atoms with Crippen molar-refractivity contribution in [2.24, 2.45) is 5.92 Å². The summed E-state index contributed by atoms with van der Waals surface area (Å²) in [5.74, 6) is -1.62. The van der Waals surface area contributed by atoms with Gasteiger partial charge < -0.3 is 30.3 Å². The molecule has 170 valence electrons. The predicted octanol–water partition coefficient (Wildman–Crippen LogP) is 4.36. The number of ketones is 1. The molecular formula is C25H28O7. The van der Waals surface area contributed by atoms with Crippen LogP contribution in [0, 0.1) is 5.92 Å². The molecule has 7 heteroatoms. The van der Waals surface area contributed by atoms with Crippen molar-refractivity contribution in [1.82, 2.24) is 0 Å². The number of carbonyl (C=O) groups is 1. The largest absolute Gasteiger partial charge is 0.507 e. The number of allylic oxidation sites excluding steroid dienone is 1. The van der Waals surface area contributed by atoms with Crippen molar-refractivity contribution in [3.05, 3.63) is 58.7 Å². The fourth-order valence-corrected chi connectivity index (χ4v) is 3.54. The van der Waals surface area contributed by atoms with E-state index in [2.05, 4.69) is 6.58 Å². The SMILES string of the molecule is C=C(C)[C@@H](O)Cc1c(O)c(/C=C/C(C)C)c2c(c1O)C(=O)C[C@@H](c1ccc(O)c(O)c1)O2. The van der Waals surface area contributed by atoms with Gasteiger partial charge in [0, 0.05) is 12.0 Å². The van der Waals surface area contributed by atoms with Crippen molar-refractivity contribution in [3.63, 3.8) is 0 Å². The van der Waals surface area contributed by atoms with Crippen LogP contribution in [0.25, 0.3) is 6.08 Å². The Hall–Kier alpha value is -3.45. The standard InChI is InChI=1S/C25H28O7/c1-12(2)5-7-15-23(30)16(10-18(27)13(3)4)24(31)22-20(29)11-21(32-25(15)22)14-6-8-17(26)19(28)9-14/h5-9,12,18,21,26-28,30-31H,3,10-11H2,1-2,4H3/b7-5+/t18-,21-/m0/s1. The highest BCUT2D eigenvalue weighted by Crippen LogP contribution is 2.49. The highest BCUT2D eigenvalue weighted by atomic mass is 16.5. The van der Waals surface area contributed by atoms with E-state index in [0.29, 0.717) is 11.1 Å². The molecule has 7 nitrogen and oxygen atoms in total. The van der Waals surface area contributed by atoms with Crippen LogP contribution in [0.5, 0.6) is 28.7 Å². The predicted molar refractivity (Wildman–Crippen MR) is 120 cm³/mol. The van der Waals surface area contributed by atoms with E-state index in [1.54, 1.807) is 13.0 Å². The first-order valence-corrected chi connectivity index (χ1v) is 10.3. The highest BCUT2D eigenvalue weighted by molar-refractivity contribution is 6.04. The zero-order valence-corrected chi connectivity index (χ0v) is 18.3. The van der Waals surface area contributed by atoms with Crippen molar-refractivity contribution in [2.45, 2.75) is 45.8 Å². The fourth-order valence-electron chi connectivity index (χ4n) is 3.54. The Kier molecular flexibility index (Phi) is 6.50. The van der Waals surface area contributed by atoms with Gasteiger partial charge in [0.15, 0.2) is 17.3 Å². The molecule has 0 saturated carbocycles. The third-order valence-corrected chi connectivity index (χ3v) is 5.43. The Balaban J connectivity index is 2.17. The zero-order chi connectivity index (χ0) is 23.7. The first-order valence-electron chi connectivity index (χ1n) is 10.3. The lowest BCUT2D eigenvalue weighted by Crippen LogP contribution is -2.22. The molecule has 2 atom stereocenters. The van der Waals surface area contributed by atoms with E-state index >= 15 is 0 Å². The van der Waals surface area contributed by atoms with Gasteiger partial charge in [-0.1, -0.05) is 44.2 Å². The molecule has 0 spiro atoms. The van der Waals surface area contributed by atoms with Gasteiger partial charge >= 0.3 is 0 Å². The number of rotatable bonds is 6. The number of benzene rings is 2. The van der Waals surface area contributed by atoms with Crippen LogP contribution in [0.4, 0.5) is 0 Å². The number of aliphatic hydroxyl groups excluding tert-OH is 1. The molecule has 3 rings (SSSR count). The molecule has 0 bridgehead atoms. The topological polar surface area (TPSA) is 127 Å². The van der Waals surface area contributed by atoms with Gasteiger partial charge in [-0.2, -0.15) is 0 Å². The molecular weight excluding hydrogens is 412 g/mol. The summed E-state index contributed by atoms with van der Waals surface area (Å²) in [6.45, 7) is 9.21. The lowest BCUT2D eigenvalue weighted by molar-refractivity contribution is 0.0842. The summed E-state index contributed by atoms with van der Waals surface area (Å²) in [5, 5.41) is 51.5. The molecule has 0 aromatic heterocycles. The lowest BCUT2D eigenvalue weighted by Gasteiger charge is -2.29. The second-order valence-corrected chi connectivity index (χ2v) is 8.44. The molecule has 0 unspecified atom stereocenters. The molecule has 0 radical (unpaired) electrons. The smallest absolute Gasteiger partial charge is 0.174 e. The number of phenolic OH excluding ortho intramolecular Hbond substituents is 4. The van der Waals surface area contributed by atoms with Crippen LogP contribution in [-0.4, -0.2) is 37.4 Å². The molecule has 1 aliphatic rings. The van der Waals surface area contributed by atoms with E-state index in [4.69, 9.17) is 4.74 Å².